The summed E-state index contributed by atoms with van der Waals surface area (Å²) in [6.07, 6.45) is 0. The van der Waals surface area contributed by atoms with Crippen LogP contribution < -0.4 is 5.32 Å². The first-order chi connectivity index (χ1) is 7.93. The third-order valence-electron chi connectivity index (χ3n) is 2.63. The SMILES string of the molecule is CN(C)C(=S)C(C)(C)NC(=O)C(C#N)C(C)(C)C. The molecule has 0 bridgehead atoms. The highest BCUT2D eigenvalue weighted by Crippen LogP contribution is 2.26. The molecule has 102 valence electrons. The van der Waals surface area contributed by atoms with Crippen LogP contribution in [-0.4, -0.2) is 35.4 Å². The number of amides is 1. The van der Waals surface area contributed by atoms with E-state index < -0.39 is 16.9 Å². The average Bonchev–Trinajstić information content (AvgIpc) is 2.13. The molecule has 0 aliphatic carbocycles. The first kappa shape index (κ1) is 16.9. The molecule has 0 rings (SSSR count). The highest BCUT2D eigenvalue weighted by molar-refractivity contribution is 7.80. The third kappa shape index (κ3) is 4.26. The van der Waals surface area contributed by atoms with Crippen LogP contribution in [0, 0.1) is 22.7 Å². The van der Waals surface area contributed by atoms with E-state index in [0.717, 1.165) is 0 Å². The maximum absolute atomic E-state index is 12.2. The second-order valence-electron chi connectivity index (χ2n) is 6.24. The Kier molecular flexibility index (Phi) is 5.30. The standard InChI is InChI=1S/C13H23N3OS/c1-12(2,3)9(8-14)10(17)15-13(4,5)11(18)16(6)7/h9H,1-7H3,(H,15,17). The molecule has 0 aromatic carbocycles. The van der Waals surface area contributed by atoms with E-state index in [4.69, 9.17) is 17.5 Å². The number of nitriles is 1. The van der Waals surface area contributed by atoms with Crippen molar-refractivity contribution in [2.24, 2.45) is 11.3 Å². The van der Waals surface area contributed by atoms with E-state index in [0.29, 0.717) is 4.99 Å². The van der Waals surface area contributed by atoms with Gasteiger partial charge in [-0.15, -0.1) is 0 Å². The van der Waals surface area contributed by atoms with Crippen molar-refractivity contribution in [2.45, 2.75) is 40.2 Å². The summed E-state index contributed by atoms with van der Waals surface area (Å²) < 4.78 is 0. The highest BCUT2D eigenvalue weighted by atomic mass is 32.1. The van der Waals surface area contributed by atoms with E-state index >= 15 is 0 Å². The van der Waals surface area contributed by atoms with Gasteiger partial charge in [0.15, 0.2) is 0 Å². The molecule has 0 saturated carbocycles. The fourth-order valence-electron chi connectivity index (χ4n) is 1.64. The van der Waals surface area contributed by atoms with Crippen molar-refractivity contribution < 1.29 is 4.79 Å². The Morgan fingerprint density at radius 2 is 1.72 bits per heavy atom. The predicted molar refractivity (Wildman–Crippen MR) is 77.1 cm³/mol. The lowest BCUT2D eigenvalue weighted by Gasteiger charge is -2.33. The largest absolute Gasteiger partial charge is 0.370 e. The first-order valence-electron chi connectivity index (χ1n) is 5.87. The van der Waals surface area contributed by atoms with E-state index in [2.05, 4.69) is 11.4 Å². The summed E-state index contributed by atoms with van der Waals surface area (Å²) in [6.45, 7) is 9.29. The van der Waals surface area contributed by atoms with Gasteiger partial charge < -0.3 is 10.2 Å². The van der Waals surface area contributed by atoms with E-state index in [1.54, 1.807) is 4.90 Å². The van der Waals surface area contributed by atoms with E-state index in [9.17, 15) is 4.79 Å². The molecule has 0 heterocycles. The monoisotopic (exact) mass is 269 g/mol. The molecule has 0 spiro atoms. The van der Waals surface area contributed by atoms with Crippen molar-refractivity contribution in [3.8, 4) is 6.07 Å². The number of hydrogen-bond acceptors (Lipinski definition) is 3. The predicted octanol–water partition coefficient (Wildman–Crippen LogP) is 1.96. The average molecular weight is 269 g/mol. The molecule has 0 aromatic rings. The molecule has 0 radical (unpaired) electrons. The fourth-order valence-corrected chi connectivity index (χ4v) is 1.69. The van der Waals surface area contributed by atoms with Gasteiger partial charge in [0.05, 0.1) is 11.6 Å². The lowest BCUT2D eigenvalue weighted by Crippen LogP contribution is -2.55. The summed E-state index contributed by atoms with van der Waals surface area (Å²) in [5.41, 5.74) is -1.04. The minimum atomic E-state index is -0.693. The van der Waals surface area contributed by atoms with Gasteiger partial charge in [0.25, 0.3) is 0 Å². The maximum Gasteiger partial charge on any atom is 0.238 e. The van der Waals surface area contributed by atoms with Crippen molar-refractivity contribution in [1.29, 1.82) is 5.26 Å². The zero-order valence-electron chi connectivity index (χ0n) is 12.3. The molecule has 5 heteroatoms. The second-order valence-corrected chi connectivity index (χ2v) is 6.63. The van der Waals surface area contributed by atoms with Crippen LogP contribution in [-0.2, 0) is 4.79 Å². The molecule has 0 aliphatic heterocycles. The van der Waals surface area contributed by atoms with Gasteiger partial charge in [-0.25, -0.2) is 0 Å². The number of thiocarbonyl (C=S) groups is 1. The van der Waals surface area contributed by atoms with Crippen LogP contribution in [0.25, 0.3) is 0 Å². The third-order valence-corrected chi connectivity index (χ3v) is 3.51. The van der Waals surface area contributed by atoms with Gasteiger partial charge in [0, 0.05) is 14.1 Å². The Morgan fingerprint density at radius 1 is 1.28 bits per heavy atom. The lowest BCUT2D eigenvalue weighted by atomic mass is 9.80. The lowest BCUT2D eigenvalue weighted by molar-refractivity contribution is -0.126. The summed E-state index contributed by atoms with van der Waals surface area (Å²) >= 11 is 5.28. The van der Waals surface area contributed by atoms with Crippen molar-refractivity contribution in [3.63, 3.8) is 0 Å². The Labute approximate surface area is 115 Å². The zero-order valence-corrected chi connectivity index (χ0v) is 13.1. The van der Waals surface area contributed by atoms with Crippen LogP contribution in [0.15, 0.2) is 0 Å². The number of hydrogen-bond donors (Lipinski definition) is 1. The molecule has 0 saturated heterocycles. The van der Waals surface area contributed by atoms with Gasteiger partial charge in [-0.3, -0.25) is 4.79 Å². The van der Waals surface area contributed by atoms with E-state index in [-0.39, 0.29) is 5.91 Å². The van der Waals surface area contributed by atoms with Gasteiger partial charge in [0.1, 0.15) is 10.9 Å². The molecule has 1 unspecified atom stereocenters. The molecule has 0 aliphatic rings. The Morgan fingerprint density at radius 3 is 2.00 bits per heavy atom. The Balaban J connectivity index is 4.97. The number of likely N-dealkylation sites (N-methyl/N-ethyl adjacent to an activating group) is 1. The summed E-state index contributed by atoms with van der Waals surface area (Å²) in [7, 11) is 3.67. The van der Waals surface area contributed by atoms with Crippen molar-refractivity contribution in [3.05, 3.63) is 0 Å². The van der Waals surface area contributed by atoms with Gasteiger partial charge in [-0.2, -0.15) is 5.26 Å². The number of nitrogens with zero attached hydrogens (tertiary/aromatic N) is 2. The number of rotatable bonds is 3. The van der Waals surface area contributed by atoms with Crippen LogP contribution in [0.2, 0.25) is 0 Å². The number of carbonyl (C=O) groups is 1. The molecular weight excluding hydrogens is 246 g/mol. The van der Waals surface area contributed by atoms with Gasteiger partial charge in [-0.05, 0) is 19.3 Å². The molecule has 0 fully saturated rings. The molecule has 4 nitrogen and oxygen atoms in total. The molecule has 1 atom stereocenters. The summed E-state index contributed by atoms with van der Waals surface area (Å²) in [6, 6.07) is 2.06. The topological polar surface area (TPSA) is 56.1 Å². The molecular formula is C13H23N3OS. The van der Waals surface area contributed by atoms with Crippen LogP contribution in [0.1, 0.15) is 34.6 Å². The zero-order chi connectivity index (χ0) is 14.7. The fraction of sp³-hybridized carbons (Fsp3) is 0.769. The smallest absolute Gasteiger partial charge is 0.238 e. The van der Waals surface area contributed by atoms with E-state index in [1.807, 2.05) is 48.7 Å². The van der Waals surface area contributed by atoms with Gasteiger partial charge in [-0.1, -0.05) is 33.0 Å². The summed E-state index contributed by atoms with van der Waals surface area (Å²) in [4.78, 5) is 14.6. The highest BCUT2D eigenvalue weighted by Gasteiger charge is 2.35. The van der Waals surface area contributed by atoms with Crippen LogP contribution >= 0.6 is 12.2 Å². The van der Waals surface area contributed by atoms with Crippen molar-refractivity contribution >= 4 is 23.1 Å². The maximum atomic E-state index is 12.2. The molecule has 1 N–H and O–H groups in total. The minimum Gasteiger partial charge on any atom is -0.370 e. The van der Waals surface area contributed by atoms with Crippen LogP contribution in [0.3, 0.4) is 0 Å². The Hall–Kier alpha value is -1.15. The first-order valence-corrected chi connectivity index (χ1v) is 6.27. The summed E-state index contributed by atoms with van der Waals surface area (Å²) in [5, 5.41) is 12.0. The van der Waals surface area contributed by atoms with Crippen LogP contribution in [0.4, 0.5) is 0 Å². The second kappa shape index (κ2) is 5.66. The summed E-state index contributed by atoms with van der Waals surface area (Å²) in [5.74, 6) is -0.971. The van der Waals surface area contributed by atoms with E-state index in [1.165, 1.54) is 0 Å². The molecule has 1 amide bonds. The van der Waals surface area contributed by atoms with Gasteiger partial charge in [0.2, 0.25) is 5.91 Å². The number of carbonyl (C=O) groups excluding carboxylic acids is 1. The molecule has 0 aromatic heterocycles. The number of nitrogens with one attached hydrogen (secondary N) is 1. The quantitative estimate of drug-likeness (QED) is 0.796. The van der Waals surface area contributed by atoms with Crippen molar-refractivity contribution in [1.82, 2.24) is 10.2 Å². The van der Waals surface area contributed by atoms with Crippen LogP contribution in [0.5, 0.6) is 0 Å². The van der Waals surface area contributed by atoms with Crippen molar-refractivity contribution in [2.75, 3.05) is 14.1 Å². The normalized spacial score (nSPS) is 13.4. The minimum absolute atomic E-state index is 0.279. The van der Waals surface area contributed by atoms with Gasteiger partial charge >= 0.3 is 0 Å². The molecule has 18 heavy (non-hydrogen) atoms. The Bertz CT molecular complexity index is 375.